The first kappa shape index (κ1) is 66.7. The molecule has 1 heterocycles. The van der Waals surface area contributed by atoms with Crippen molar-refractivity contribution in [2.24, 2.45) is 0 Å². The molecule has 0 aromatic heterocycles. The number of carbonyl (C=O) groups is 1. The number of hydrogen-bond acceptors (Lipinski definition) is 8. The predicted molar refractivity (Wildman–Crippen MR) is 295 cm³/mol. The first-order valence-electron chi connectivity index (χ1n) is 30.6. The lowest BCUT2D eigenvalue weighted by atomic mass is 9.99. The Morgan fingerprint density at radius 3 is 1.16 bits per heavy atom. The van der Waals surface area contributed by atoms with E-state index in [2.05, 4.69) is 31.3 Å². The summed E-state index contributed by atoms with van der Waals surface area (Å²) in [6.45, 7) is 3.81. The van der Waals surface area contributed by atoms with Crippen LogP contribution in [0.5, 0.6) is 0 Å². The van der Waals surface area contributed by atoms with Gasteiger partial charge in [0.25, 0.3) is 0 Å². The number of aliphatic hydroxyl groups excluding tert-OH is 5. The van der Waals surface area contributed by atoms with Gasteiger partial charge in [0.05, 0.1) is 25.4 Å². The van der Waals surface area contributed by atoms with E-state index in [9.17, 15) is 30.3 Å². The van der Waals surface area contributed by atoms with Crippen molar-refractivity contribution in [1.82, 2.24) is 5.32 Å². The molecule has 7 atom stereocenters. The first-order chi connectivity index (χ1) is 34.3. The highest BCUT2D eigenvalue weighted by molar-refractivity contribution is 5.76. The van der Waals surface area contributed by atoms with Crippen molar-refractivity contribution in [2.45, 2.75) is 346 Å². The minimum atomic E-state index is -1.56. The average Bonchev–Trinajstić information content (AvgIpc) is 3.36. The zero-order chi connectivity index (χ0) is 50.8. The normalized spacial score (nSPS) is 19.4. The van der Waals surface area contributed by atoms with Gasteiger partial charge >= 0.3 is 0 Å². The number of aliphatic hydroxyl groups is 5. The van der Waals surface area contributed by atoms with Crippen molar-refractivity contribution < 1.29 is 39.8 Å². The summed E-state index contributed by atoms with van der Waals surface area (Å²) in [5.41, 5.74) is 0. The summed E-state index contributed by atoms with van der Waals surface area (Å²) in [6.07, 6.45) is 58.3. The average molecular weight is 993 g/mol. The number of unbranched alkanes of at least 4 members (excludes halogenated alkanes) is 41. The van der Waals surface area contributed by atoms with Crippen molar-refractivity contribution in [3.8, 4) is 0 Å². The Morgan fingerprint density at radius 1 is 0.471 bits per heavy atom. The lowest BCUT2D eigenvalue weighted by Gasteiger charge is -2.40. The van der Waals surface area contributed by atoms with Gasteiger partial charge < -0.3 is 40.3 Å². The number of amides is 1. The fraction of sp³-hybridized carbons (Fsp3) is 0.918. The van der Waals surface area contributed by atoms with Gasteiger partial charge in [-0.15, -0.1) is 0 Å². The summed E-state index contributed by atoms with van der Waals surface area (Å²) < 4.78 is 11.3. The van der Waals surface area contributed by atoms with Gasteiger partial charge in [0.15, 0.2) is 6.29 Å². The van der Waals surface area contributed by atoms with Crippen molar-refractivity contribution in [3.63, 3.8) is 0 Å². The molecule has 1 amide bonds. The van der Waals surface area contributed by atoms with Crippen LogP contribution in [0.15, 0.2) is 24.3 Å². The monoisotopic (exact) mass is 992 g/mol. The molecule has 0 aliphatic carbocycles. The van der Waals surface area contributed by atoms with Crippen LogP contribution in [0.4, 0.5) is 0 Å². The van der Waals surface area contributed by atoms with Crippen molar-refractivity contribution in [1.29, 1.82) is 0 Å². The molecule has 0 saturated carbocycles. The minimum Gasteiger partial charge on any atom is -0.394 e. The summed E-state index contributed by atoms with van der Waals surface area (Å²) in [5.74, 6) is -0.171. The Labute approximate surface area is 432 Å². The van der Waals surface area contributed by atoms with Gasteiger partial charge in [-0.3, -0.25) is 4.79 Å². The zero-order valence-corrected chi connectivity index (χ0v) is 46.0. The molecule has 1 saturated heterocycles. The number of ether oxygens (including phenoxy) is 2. The van der Waals surface area contributed by atoms with Crippen LogP contribution >= 0.6 is 0 Å². The molecule has 1 aliphatic heterocycles. The van der Waals surface area contributed by atoms with Crippen LogP contribution in [0.1, 0.15) is 303 Å². The van der Waals surface area contributed by atoms with E-state index in [4.69, 9.17) is 9.47 Å². The molecule has 0 bridgehead atoms. The highest BCUT2D eigenvalue weighted by atomic mass is 16.7. The van der Waals surface area contributed by atoms with Gasteiger partial charge in [-0.2, -0.15) is 0 Å². The Bertz CT molecular complexity index is 1150. The van der Waals surface area contributed by atoms with Crippen molar-refractivity contribution in [2.75, 3.05) is 13.2 Å². The molecule has 0 aromatic carbocycles. The minimum absolute atomic E-state index is 0.171. The Morgan fingerprint density at radius 2 is 0.800 bits per heavy atom. The van der Waals surface area contributed by atoms with E-state index in [-0.39, 0.29) is 12.5 Å². The van der Waals surface area contributed by atoms with E-state index in [1.165, 1.54) is 244 Å². The highest BCUT2D eigenvalue weighted by Gasteiger charge is 2.44. The van der Waals surface area contributed by atoms with Crippen LogP contribution in [0, 0.1) is 0 Å². The quantitative estimate of drug-likeness (QED) is 0.0261. The molecule has 9 heteroatoms. The molecule has 1 aliphatic rings. The molecule has 6 N–H and O–H groups in total. The van der Waals surface area contributed by atoms with Crippen LogP contribution in [-0.2, 0) is 14.3 Å². The predicted octanol–water partition coefficient (Wildman–Crippen LogP) is 15.4. The number of nitrogens with one attached hydrogen (secondary N) is 1. The zero-order valence-electron chi connectivity index (χ0n) is 46.0. The summed E-state index contributed by atoms with van der Waals surface area (Å²) >= 11 is 0. The molecule has 0 radical (unpaired) electrons. The maximum absolute atomic E-state index is 13.1. The van der Waals surface area contributed by atoms with Crippen LogP contribution in [0.25, 0.3) is 0 Å². The summed E-state index contributed by atoms with van der Waals surface area (Å²) in [7, 11) is 0. The third kappa shape index (κ3) is 40.1. The maximum atomic E-state index is 13.1. The van der Waals surface area contributed by atoms with Gasteiger partial charge in [0.2, 0.25) is 5.91 Å². The molecule has 70 heavy (non-hydrogen) atoms. The Balaban J connectivity index is 2.13. The van der Waals surface area contributed by atoms with E-state index in [1.807, 2.05) is 6.08 Å². The van der Waals surface area contributed by atoms with E-state index in [0.29, 0.717) is 6.42 Å². The number of allylic oxidation sites excluding steroid dienone is 3. The van der Waals surface area contributed by atoms with Crippen LogP contribution in [0.3, 0.4) is 0 Å². The topological polar surface area (TPSA) is 149 Å². The van der Waals surface area contributed by atoms with Crippen molar-refractivity contribution >= 4 is 5.91 Å². The second-order valence-corrected chi connectivity index (χ2v) is 21.5. The summed E-state index contributed by atoms with van der Waals surface area (Å²) in [5, 5.41) is 54.5. The SMILES string of the molecule is CCCCCCCCCC/C=C\CCCCCCCCCCCCCCCCCCCCCC(=O)NC(COC1OC(CO)C(O)C(O)C1O)C(O)/C=C/CCCCCCCCCCCCCCCC. The van der Waals surface area contributed by atoms with E-state index >= 15 is 0 Å². The third-order valence-electron chi connectivity index (χ3n) is 14.8. The Kier molecular flexibility index (Phi) is 48.7. The molecule has 1 rings (SSSR count). The third-order valence-corrected chi connectivity index (χ3v) is 14.8. The Hall–Kier alpha value is -1.33. The van der Waals surface area contributed by atoms with Crippen LogP contribution < -0.4 is 5.32 Å². The van der Waals surface area contributed by atoms with Gasteiger partial charge in [-0.05, 0) is 44.9 Å². The van der Waals surface area contributed by atoms with Gasteiger partial charge in [0, 0.05) is 6.42 Å². The molecule has 0 spiro atoms. The summed E-state index contributed by atoms with van der Waals surface area (Å²) in [4.78, 5) is 13.1. The van der Waals surface area contributed by atoms with Crippen molar-refractivity contribution in [3.05, 3.63) is 24.3 Å². The van der Waals surface area contributed by atoms with Gasteiger partial charge in [-0.1, -0.05) is 276 Å². The van der Waals surface area contributed by atoms with Crippen LogP contribution in [-0.4, -0.2) is 87.5 Å². The van der Waals surface area contributed by atoms with Gasteiger partial charge in [0.1, 0.15) is 24.4 Å². The number of hydrogen-bond donors (Lipinski definition) is 6. The largest absolute Gasteiger partial charge is 0.394 e. The lowest BCUT2D eigenvalue weighted by Crippen LogP contribution is -2.60. The van der Waals surface area contributed by atoms with Gasteiger partial charge in [-0.25, -0.2) is 0 Å². The fourth-order valence-corrected chi connectivity index (χ4v) is 9.92. The van der Waals surface area contributed by atoms with E-state index in [0.717, 1.165) is 38.5 Å². The molecular formula is C61H117NO8. The molecular weight excluding hydrogens is 875 g/mol. The fourth-order valence-electron chi connectivity index (χ4n) is 9.92. The van der Waals surface area contributed by atoms with E-state index < -0.39 is 49.5 Å². The number of rotatable bonds is 53. The molecule has 7 unspecified atom stereocenters. The molecule has 1 fully saturated rings. The summed E-state index contributed by atoms with van der Waals surface area (Å²) in [6, 6.07) is -0.802. The second kappa shape index (κ2) is 51.2. The molecule has 9 nitrogen and oxygen atoms in total. The first-order valence-corrected chi connectivity index (χ1v) is 30.6. The maximum Gasteiger partial charge on any atom is 0.220 e. The molecule has 0 aromatic rings. The van der Waals surface area contributed by atoms with Crippen LogP contribution in [0.2, 0.25) is 0 Å². The number of carbonyl (C=O) groups excluding carboxylic acids is 1. The smallest absolute Gasteiger partial charge is 0.220 e. The molecule has 414 valence electrons. The van der Waals surface area contributed by atoms with E-state index in [1.54, 1.807) is 6.08 Å². The highest BCUT2D eigenvalue weighted by Crippen LogP contribution is 2.23. The second-order valence-electron chi connectivity index (χ2n) is 21.5. The lowest BCUT2D eigenvalue weighted by molar-refractivity contribution is -0.302. The standard InChI is InChI=1S/C61H117NO8/c1-3-5-7-9-11-13-15-17-19-21-22-23-24-25-26-27-28-29-30-31-32-33-34-35-37-39-41-43-45-47-49-51-57(65)62-54(53-69-61-60(68)59(67)58(66)56(52-63)70-61)55(64)50-48-46-44-42-40-38-36-20-18-16-14-12-10-8-6-4-2/h21-22,48,50,54-56,58-61,63-64,66-68H,3-20,23-47,49,51-53H2,1-2H3,(H,62,65)/b22-21-,50-48+.